The second-order valence-corrected chi connectivity index (χ2v) is 7.33. The Labute approximate surface area is 153 Å². The number of nitrogens with zero attached hydrogens (tertiary/aromatic N) is 1. The zero-order valence-corrected chi connectivity index (χ0v) is 16.1. The van der Waals surface area contributed by atoms with Gasteiger partial charge in [-0.2, -0.15) is 0 Å². The molecular weight excluding hydrogens is 334 g/mol. The lowest BCUT2D eigenvalue weighted by atomic mass is 9.98. The van der Waals surface area contributed by atoms with Gasteiger partial charge in [-0.15, -0.1) is 11.3 Å². The molecule has 2 aromatic rings. The molecule has 1 unspecified atom stereocenters. The number of aliphatic hydroxyl groups is 2. The van der Waals surface area contributed by atoms with Crippen molar-refractivity contribution in [3.05, 3.63) is 35.2 Å². The lowest BCUT2D eigenvalue weighted by molar-refractivity contribution is 0.0418. The molecule has 0 saturated carbocycles. The van der Waals surface area contributed by atoms with Gasteiger partial charge in [-0.1, -0.05) is 32.0 Å². The summed E-state index contributed by atoms with van der Waals surface area (Å²) in [6, 6.07) is 10.2. The van der Waals surface area contributed by atoms with Gasteiger partial charge < -0.3 is 20.8 Å². The molecule has 0 aliphatic rings. The highest BCUT2D eigenvalue weighted by Gasteiger charge is 2.21. The van der Waals surface area contributed by atoms with Crippen LogP contribution in [0.25, 0.3) is 10.1 Å². The summed E-state index contributed by atoms with van der Waals surface area (Å²) in [7, 11) is 0. The summed E-state index contributed by atoms with van der Waals surface area (Å²) in [4.78, 5) is 5.41. The molecule has 1 aromatic heterocycles. The van der Waals surface area contributed by atoms with E-state index in [4.69, 9.17) is 0 Å². The first-order chi connectivity index (χ1) is 12.0. The van der Waals surface area contributed by atoms with Gasteiger partial charge in [0.25, 0.3) is 0 Å². The van der Waals surface area contributed by atoms with E-state index in [-0.39, 0.29) is 0 Å². The fourth-order valence-electron chi connectivity index (χ4n) is 2.50. The number of hydrogen-bond acceptors (Lipinski definition) is 4. The lowest BCUT2D eigenvalue weighted by Crippen LogP contribution is -2.41. The fraction of sp³-hybridized carbons (Fsp3) is 0.526. The van der Waals surface area contributed by atoms with Gasteiger partial charge in [-0.05, 0) is 37.3 Å². The van der Waals surface area contributed by atoms with Crippen molar-refractivity contribution in [3.8, 4) is 0 Å². The molecule has 0 aliphatic heterocycles. The third kappa shape index (κ3) is 5.42. The minimum Gasteiger partial charge on any atom is -0.388 e. The summed E-state index contributed by atoms with van der Waals surface area (Å²) < 4.78 is 1.17. The lowest BCUT2D eigenvalue weighted by Gasteiger charge is -2.23. The molecule has 5 nitrogen and oxygen atoms in total. The Morgan fingerprint density at radius 2 is 1.92 bits per heavy atom. The van der Waals surface area contributed by atoms with Crippen molar-refractivity contribution in [2.75, 3.05) is 19.6 Å². The van der Waals surface area contributed by atoms with E-state index in [1.807, 2.05) is 39.0 Å². The van der Waals surface area contributed by atoms with Crippen molar-refractivity contribution < 1.29 is 10.2 Å². The molecule has 0 aliphatic carbocycles. The van der Waals surface area contributed by atoms with Crippen molar-refractivity contribution in [1.82, 2.24) is 10.6 Å². The highest BCUT2D eigenvalue weighted by Crippen LogP contribution is 2.29. The van der Waals surface area contributed by atoms with Crippen molar-refractivity contribution in [3.63, 3.8) is 0 Å². The summed E-state index contributed by atoms with van der Waals surface area (Å²) >= 11 is 1.60. The van der Waals surface area contributed by atoms with Crippen LogP contribution >= 0.6 is 11.3 Å². The number of nitrogens with one attached hydrogen (secondary N) is 2. The molecule has 138 valence electrons. The third-order valence-electron chi connectivity index (χ3n) is 4.43. The average Bonchev–Trinajstić information content (AvgIpc) is 3.07. The SMILES string of the molecule is CCNC(=NCC(O)(CC)CC)NCC(O)c1cc2ccccc2s1. The predicted octanol–water partition coefficient (Wildman–Crippen LogP) is 3.04. The first kappa shape index (κ1) is 19.7. The average molecular weight is 364 g/mol. The maximum absolute atomic E-state index is 10.5. The zero-order chi connectivity index (χ0) is 18.3. The van der Waals surface area contributed by atoms with Gasteiger partial charge in [0.15, 0.2) is 5.96 Å². The fourth-order valence-corrected chi connectivity index (χ4v) is 3.55. The van der Waals surface area contributed by atoms with E-state index < -0.39 is 11.7 Å². The molecule has 0 spiro atoms. The van der Waals surface area contributed by atoms with Crippen LogP contribution < -0.4 is 10.6 Å². The normalized spacial score (nSPS) is 13.9. The number of aliphatic hydroxyl groups excluding tert-OH is 1. The van der Waals surface area contributed by atoms with Gasteiger partial charge in [0.05, 0.1) is 12.1 Å². The Kier molecular flexibility index (Phi) is 7.23. The highest BCUT2D eigenvalue weighted by atomic mass is 32.1. The summed E-state index contributed by atoms with van der Waals surface area (Å²) in [5.41, 5.74) is -0.771. The van der Waals surface area contributed by atoms with Crippen LogP contribution in [0.3, 0.4) is 0 Å². The van der Waals surface area contributed by atoms with Crippen molar-refractivity contribution >= 4 is 27.4 Å². The van der Waals surface area contributed by atoms with E-state index in [9.17, 15) is 10.2 Å². The van der Waals surface area contributed by atoms with Crippen LogP contribution in [0.5, 0.6) is 0 Å². The Morgan fingerprint density at radius 1 is 1.20 bits per heavy atom. The molecule has 0 bridgehead atoms. The summed E-state index contributed by atoms with van der Waals surface area (Å²) in [6.45, 7) is 7.35. The molecule has 0 fully saturated rings. The number of aliphatic imine (C=N–C) groups is 1. The first-order valence-corrected chi connectivity index (χ1v) is 9.74. The van der Waals surface area contributed by atoms with Crippen LogP contribution in [0, 0.1) is 0 Å². The van der Waals surface area contributed by atoms with Crippen LogP contribution in [-0.2, 0) is 0 Å². The van der Waals surface area contributed by atoms with E-state index >= 15 is 0 Å². The molecule has 4 N–H and O–H groups in total. The molecule has 1 atom stereocenters. The van der Waals surface area contributed by atoms with E-state index in [1.165, 1.54) is 4.70 Å². The number of guanidine groups is 1. The van der Waals surface area contributed by atoms with Gasteiger partial charge in [-0.25, -0.2) is 0 Å². The number of hydrogen-bond donors (Lipinski definition) is 4. The van der Waals surface area contributed by atoms with E-state index in [1.54, 1.807) is 11.3 Å². The zero-order valence-electron chi connectivity index (χ0n) is 15.2. The minimum atomic E-state index is -0.771. The maximum atomic E-state index is 10.5. The van der Waals surface area contributed by atoms with Crippen molar-refractivity contribution in [2.45, 2.75) is 45.3 Å². The molecule has 1 aromatic carbocycles. The van der Waals surface area contributed by atoms with Crippen LogP contribution in [0.15, 0.2) is 35.3 Å². The van der Waals surface area contributed by atoms with E-state index in [2.05, 4.69) is 27.8 Å². The minimum absolute atomic E-state index is 0.342. The Bertz CT molecular complexity index is 662. The van der Waals surface area contributed by atoms with Gasteiger partial charge in [0.1, 0.15) is 6.10 Å². The maximum Gasteiger partial charge on any atom is 0.191 e. The second-order valence-electron chi connectivity index (χ2n) is 6.21. The molecule has 0 radical (unpaired) electrons. The van der Waals surface area contributed by atoms with E-state index in [0.29, 0.717) is 31.9 Å². The Balaban J connectivity index is 1.99. The highest BCUT2D eigenvalue weighted by molar-refractivity contribution is 7.19. The smallest absolute Gasteiger partial charge is 0.191 e. The monoisotopic (exact) mass is 363 g/mol. The molecule has 6 heteroatoms. The molecule has 0 saturated heterocycles. The molecule has 0 amide bonds. The number of thiophene rings is 1. The van der Waals surface area contributed by atoms with Crippen molar-refractivity contribution in [1.29, 1.82) is 0 Å². The van der Waals surface area contributed by atoms with Crippen LogP contribution in [0.4, 0.5) is 0 Å². The largest absolute Gasteiger partial charge is 0.388 e. The van der Waals surface area contributed by atoms with E-state index in [0.717, 1.165) is 16.8 Å². The quantitative estimate of drug-likeness (QED) is 0.429. The first-order valence-electron chi connectivity index (χ1n) is 8.92. The topological polar surface area (TPSA) is 76.9 Å². The predicted molar refractivity (Wildman–Crippen MR) is 106 cm³/mol. The standard InChI is InChI=1S/C19H29N3O2S/c1-4-19(24,5-2)13-22-18(20-6-3)21-12-15(23)17-11-14-9-7-8-10-16(14)25-17/h7-11,15,23-24H,4-6,12-13H2,1-3H3,(H2,20,21,22). The molecule has 2 rings (SSSR count). The number of rotatable bonds is 8. The van der Waals surface area contributed by atoms with Crippen molar-refractivity contribution in [2.24, 2.45) is 4.99 Å². The van der Waals surface area contributed by atoms with Crippen LogP contribution in [-0.4, -0.2) is 41.4 Å². The van der Waals surface area contributed by atoms with Gasteiger partial charge in [0, 0.05) is 22.7 Å². The third-order valence-corrected chi connectivity index (χ3v) is 5.65. The number of benzene rings is 1. The summed E-state index contributed by atoms with van der Waals surface area (Å²) in [5, 5.41) is 28.3. The summed E-state index contributed by atoms with van der Waals surface area (Å²) in [5.74, 6) is 0.614. The summed E-state index contributed by atoms with van der Waals surface area (Å²) in [6.07, 6.45) is 0.727. The van der Waals surface area contributed by atoms with Crippen LogP contribution in [0.1, 0.15) is 44.6 Å². The Morgan fingerprint density at radius 3 is 2.56 bits per heavy atom. The van der Waals surface area contributed by atoms with Gasteiger partial charge >= 0.3 is 0 Å². The molecule has 1 heterocycles. The molecule has 25 heavy (non-hydrogen) atoms. The van der Waals surface area contributed by atoms with Crippen LogP contribution in [0.2, 0.25) is 0 Å². The van der Waals surface area contributed by atoms with Gasteiger partial charge in [0.2, 0.25) is 0 Å². The Hall–Kier alpha value is -1.63. The number of fused-ring (bicyclic) bond motifs is 1. The van der Waals surface area contributed by atoms with Gasteiger partial charge in [-0.3, -0.25) is 4.99 Å². The second kappa shape index (κ2) is 9.17. The molecular formula is C19H29N3O2S.